The third kappa shape index (κ3) is 7.72. The summed E-state index contributed by atoms with van der Waals surface area (Å²) in [6.07, 6.45) is 1.68. The molecular weight excluding hydrogens is 719 g/mol. The molecule has 6 aromatic carbocycles. The van der Waals surface area contributed by atoms with Gasteiger partial charge in [-0.3, -0.25) is 9.55 Å². The molecule has 0 fully saturated rings. The highest BCUT2D eigenvalue weighted by Gasteiger charge is 2.29. The number of hydrogen-bond acceptors (Lipinski definition) is 3. The fourth-order valence-corrected chi connectivity index (χ4v) is 7.37. The van der Waals surface area contributed by atoms with E-state index in [-0.39, 0.29) is 28.4 Å². The summed E-state index contributed by atoms with van der Waals surface area (Å²) in [6.45, 7) is -21.9. The van der Waals surface area contributed by atoms with Gasteiger partial charge in [-0.2, -0.15) is 0 Å². The predicted octanol–water partition coefficient (Wildman–Crippen LogP) is 14.7. The van der Waals surface area contributed by atoms with Crippen LogP contribution in [0.2, 0.25) is 0 Å². The minimum Gasteiger partial charge on any atom is -0.507 e. The molecule has 0 spiro atoms. The van der Waals surface area contributed by atoms with E-state index in [9.17, 15) is 5.11 Å². The predicted molar refractivity (Wildman–Crippen MR) is 249 cm³/mol. The first kappa shape index (κ1) is 21.7. The molecule has 0 radical (unpaired) electrons. The first-order valence-electron chi connectivity index (χ1n) is 29.5. The largest absolute Gasteiger partial charge is 0.507 e. The van der Waals surface area contributed by atoms with Crippen LogP contribution in [0.4, 0.5) is 0 Å². The Bertz CT molecular complexity index is 3540. The summed E-state index contributed by atoms with van der Waals surface area (Å²) >= 11 is 0. The lowest BCUT2D eigenvalue weighted by molar-refractivity contribution is 0.446. The lowest BCUT2D eigenvalue weighted by Gasteiger charge is -2.27. The van der Waals surface area contributed by atoms with E-state index in [1.165, 1.54) is 22.8 Å². The normalized spacial score (nSPS) is 19.1. The lowest BCUT2D eigenvalue weighted by atomic mass is 9.79. The molecule has 0 aliphatic rings. The Morgan fingerprint density at radius 1 is 0.542 bits per heavy atom. The number of rotatable bonds is 6. The maximum absolute atomic E-state index is 12.9. The van der Waals surface area contributed by atoms with Gasteiger partial charge in [-0.1, -0.05) is 153 Å². The molecule has 4 heteroatoms. The Balaban J connectivity index is 1.61. The van der Waals surface area contributed by atoms with Crippen molar-refractivity contribution in [3.63, 3.8) is 0 Å². The highest BCUT2D eigenvalue weighted by atomic mass is 16.3. The van der Waals surface area contributed by atoms with Gasteiger partial charge >= 0.3 is 0 Å². The standard InChI is InChI=1S/C55H55N3O/c1-35-28-38(36-18-13-11-14-19-36)24-25-48(35)58-49-23-17-22-44(50(49)57-52(58)45-33-43(54(5,6)7)34-46(51(45)59)55(8,9)10)40-29-41(31-42(30-40)53(2,3)4)47-32-39(26-27-56-47)37-20-15-12-16-21-37/h11-34,59H,1-10H3/i1D3,5D3,6D3,7D3,8D3,9D3,10D3. The van der Waals surface area contributed by atoms with E-state index in [4.69, 9.17) is 38.8 Å². The number of phenolic OH excluding ortho intramolecular Hbond substituents is 1. The number of benzene rings is 6. The zero-order chi connectivity index (χ0) is 59.4. The van der Waals surface area contributed by atoms with Gasteiger partial charge in [0.1, 0.15) is 11.6 Å². The van der Waals surface area contributed by atoms with E-state index in [1.807, 2.05) is 81.4 Å². The molecule has 0 saturated carbocycles. The quantitative estimate of drug-likeness (QED) is 0.182. The monoisotopic (exact) mass is 795 g/mol. The van der Waals surface area contributed by atoms with Crippen molar-refractivity contribution in [3.8, 4) is 67.5 Å². The number of para-hydroxylation sites is 1. The first-order valence-corrected chi connectivity index (χ1v) is 19.0. The average molecular weight is 795 g/mol. The van der Waals surface area contributed by atoms with E-state index < -0.39 is 92.5 Å². The van der Waals surface area contributed by atoms with Crippen LogP contribution in [-0.4, -0.2) is 19.6 Å². The molecule has 1 N–H and O–H groups in total. The summed E-state index contributed by atoms with van der Waals surface area (Å²) in [4.78, 5) is 9.77. The maximum atomic E-state index is 12.9. The molecule has 0 saturated heterocycles. The van der Waals surface area contributed by atoms with E-state index >= 15 is 0 Å². The smallest absolute Gasteiger partial charge is 0.149 e. The van der Waals surface area contributed by atoms with Crippen molar-refractivity contribution < 1.29 is 33.9 Å². The zero-order valence-electron chi connectivity index (χ0n) is 53.6. The van der Waals surface area contributed by atoms with Crippen molar-refractivity contribution >= 4 is 11.0 Å². The number of imidazole rings is 1. The molecule has 296 valence electrons. The molecule has 0 unspecified atom stereocenters. The number of aromatic nitrogens is 3. The van der Waals surface area contributed by atoms with Crippen molar-refractivity contribution in [2.45, 2.75) is 85.0 Å². The number of aryl methyl sites for hydroxylation is 1. The number of pyridine rings is 1. The molecule has 8 aromatic rings. The molecule has 0 atom stereocenters. The zero-order valence-corrected chi connectivity index (χ0v) is 32.6. The minimum atomic E-state index is -4.22. The van der Waals surface area contributed by atoms with Crippen LogP contribution in [0.1, 0.15) is 113 Å². The molecule has 2 aromatic heterocycles. The van der Waals surface area contributed by atoms with Gasteiger partial charge in [-0.25, -0.2) is 4.98 Å². The highest BCUT2D eigenvalue weighted by molar-refractivity contribution is 5.97. The molecule has 59 heavy (non-hydrogen) atoms. The summed E-state index contributed by atoms with van der Waals surface area (Å²) in [5.74, 6) is -2.12. The van der Waals surface area contributed by atoms with Crippen LogP contribution in [-0.2, 0) is 16.2 Å². The van der Waals surface area contributed by atoms with Gasteiger partial charge in [0.2, 0.25) is 0 Å². The Morgan fingerprint density at radius 2 is 1.20 bits per heavy atom. The van der Waals surface area contributed by atoms with E-state index in [1.54, 1.807) is 54.7 Å². The Morgan fingerprint density at radius 3 is 1.86 bits per heavy atom. The third-order valence-electron chi connectivity index (χ3n) is 10.5. The summed E-state index contributed by atoms with van der Waals surface area (Å²) in [7, 11) is 0. The Kier molecular flexibility index (Phi) is 5.45. The molecule has 8 rings (SSSR count). The maximum Gasteiger partial charge on any atom is 0.149 e. The molecule has 0 aliphatic heterocycles. The second kappa shape index (κ2) is 14.8. The van der Waals surface area contributed by atoms with Crippen molar-refractivity contribution in [3.05, 3.63) is 168 Å². The van der Waals surface area contributed by atoms with Crippen LogP contribution in [0.3, 0.4) is 0 Å². The third-order valence-corrected chi connectivity index (χ3v) is 10.5. The van der Waals surface area contributed by atoms with E-state index in [2.05, 4.69) is 0 Å². The first-order chi connectivity index (χ1) is 36.7. The molecule has 0 bridgehead atoms. The molecule has 4 nitrogen and oxygen atoms in total. The number of hydrogen-bond donors (Lipinski definition) is 1. The van der Waals surface area contributed by atoms with Crippen molar-refractivity contribution in [2.24, 2.45) is 0 Å². The second-order valence-electron chi connectivity index (χ2n) is 15.8. The fraction of sp³-hybridized carbons (Fsp3) is 0.236. The SMILES string of the molecule is [2H]C([2H])([2H])c1cc(-c2ccccc2)ccc1-n1c(-c2cc(C(C([2H])([2H])[2H])(C([2H])([2H])[2H])C([2H])([2H])[2H])cc(C(C([2H])([2H])[2H])(C([2H])([2H])[2H])C([2H])([2H])[2H])c2O)nc2c(-c3cc(-c4cc(-c5ccccc5)ccn4)cc(C(C)(C)C)c3)cccc21. The lowest BCUT2D eigenvalue weighted by Crippen LogP contribution is -2.17. The second-order valence-corrected chi connectivity index (χ2v) is 15.8. The van der Waals surface area contributed by atoms with Gasteiger partial charge in [0.25, 0.3) is 0 Å². The van der Waals surface area contributed by atoms with Crippen LogP contribution in [0.5, 0.6) is 5.75 Å². The topological polar surface area (TPSA) is 50.9 Å². The Labute approximate surface area is 379 Å². The van der Waals surface area contributed by atoms with Crippen LogP contribution in [0.25, 0.3) is 72.7 Å². The van der Waals surface area contributed by atoms with Gasteiger partial charge < -0.3 is 5.11 Å². The van der Waals surface area contributed by atoms with E-state index in [0.29, 0.717) is 39.6 Å². The number of phenols is 1. The summed E-state index contributed by atoms with van der Waals surface area (Å²) in [5, 5.41) is 12.9. The van der Waals surface area contributed by atoms with Crippen LogP contribution < -0.4 is 0 Å². The van der Waals surface area contributed by atoms with Crippen molar-refractivity contribution in [1.82, 2.24) is 14.5 Å². The van der Waals surface area contributed by atoms with Gasteiger partial charge in [0.05, 0.1) is 28.0 Å². The summed E-state index contributed by atoms with van der Waals surface area (Å²) < 4.78 is 185. The minimum absolute atomic E-state index is 0.0166. The number of nitrogens with zero attached hydrogens (tertiary/aromatic N) is 3. The van der Waals surface area contributed by atoms with Crippen LogP contribution >= 0.6 is 0 Å². The van der Waals surface area contributed by atoms with Gasteiger partial charge in [-0.15, -0.1) is 0 Å². The Hall–Kier alpha value is -6.26. The van der Waals surface area contributed by atoms with E-state index in [0.717, 1.165) is 16.7 Å². The number of fused-ring (bicyclic) bond motifs is 1. The van der Waals surface area contributed by atoms with Crippen LogP contribution in [0.15, 0.2) is 146 Å². The molecule has 0 aliphatic carbocycles. The van der Waals surface area contributed by atoms with Gasteiger partial charge in [-0.05, 0) is 116 Å². The van der Waals surface area contributed by atoms with Crippen LogP contribution in [0, 0.1) is 6.85 Å². The highest BCUT2D eigenvalue weighted by Crippen LogP contribution is 2.45. The molecular formula is C55H55N3O. The average Bonchev–Trinajstić information content (AvgIpc) is 3.89. The fourth-order valence-electron chi connectivity index (χ4n) is 7.37. The number of aromatic hydroxyl groups is 1. The van der Waals surface area contributed by atoms with Gasteiger partial charge in [0.15, 0.2) is 0 Å². The molecule has 0 amide bonds. The van der Waals surface area contributed by atoms with Crippen molar-refractivity contribution in [2.75, 3.05) is 0 Å². The van der Waals surface area contributed by atoms with Crippen molar-refractivity contribution in [1.29, 1.82) is 0 Å². The summed E-state index contributed by atoms with van der Waals surface area (Å²) in [5.41, 5.74) is -7.43. The van der Waals surface area contributed by atoms with Gasteiger partial charge in [0, 0.05) is 51.7 Å². The molecule has 2 heterocycles. The summed E-state index contributed by atoms with van der Waals surface area (Å²) in [6, 6.07) is 37.8.